The SMILES string of the molecule is CCCCCCCP(O)CCCCCCC. The zero-order valence-electron chi connectivity index (χ0n) is 11.4. The molecular formula is C14H31OP. The number of hydrogen-bond acceptors (Lipinski definition) is 1. The number of rotatable bonds is 12. The average Bonchev–Trinajstić information content (AvgIpc) is 2.28. The van der Waals surface area contributed by atoms with E-state index in [1.54, 1.807) is 0 Å². The van der Waals surface area contributed by atoms with E-state index in [0.29, 0.717) is 0 Å². The Balaban J connectivity index is 3.09. The fraction of sp³-hybridized carbons (Fsp3) is 1.00. The summed E-state index contributed by atoms with van der Waals surface area (Å²) in [7, 11) is -0.622. The molecule has 0 aromatic heterocycles. The molecule has 0 unspecified atom stereocenters. The first-order chi connectivity index (χ1) is 7.81. The second-order valence-electron chi connectivity index (χ2n) is 4.78. The molecule has 1 nitrogen and oxygen atoms in total. The van der Waals surface area contributed by atoms with Crippen molar-refractivity contribution in [1.82, 2.24) is 0 Å². The Bertz CT molecular complexity index is 114. The van der Waals surface area contributed by atoms with Crippen molar-refractivity contribution in [3.8, 4) is 0 Å². The summed E-state index contributed by atoms with van der Waals surface area (Å²) in [4.78, 5) is 9.83. The van der Waals surface area contributed by atoms with Crippen LogP contribution in [0, 0.1) is 0 Å². The van der Waals surface area contributed by atoms with Crippen molar-refractivity contribution in [2.45, 2.75) is 78.1 Å². The molecule has 0 aliphatic heterocycles. The molecule has 98 valence electrons. The summed E-state index contributed by atoms with van der Waals surface area (Å²) in [5.41, 5.74) is 0. The molecule has 0 spiro atoms. The van der Waals surface area contributed by atoms with Gasteiger partial charge in [0.05, 0.1) is 0 Å². The maximum absolute atomic E-state index is 9.83. The van der Waals surface area contributed by atoms with Gasteiger partial charge in [-0.3, -0.25) is 0 Å². The largest absolute Gasteiger partial charge is 0.374 e. The second-order valence-corrected chi connectivity index (χ2v) is 6.69. The molecule has 0 aliphatic carbocycles. The first kappa shape index (κ1) is 16.4. The monoisotopic (exact) mass is 246 g/mol. The van der Waals surface area contributed by atoms with Gasteiger partial charge in [0.2, 0.25) is 0 Å². The van der Waals surface area contributed by atoms with Gasteiger partial charge in [0.25, 0.3) is 0 Å². The molecule has 0 saturated carbocycles. The maximum atomic E-state index is 9.83. The van der Waals surface area contributed by atoms with Crippen LogP contribution in [-0.4, -0.2) is 17.2 Å². The van der Waals surface area contributed by atoms with E-state index in [9.17, 15) is 4.89 Å². The lowest BCUT2D eigenvalue weighted by Gasteiger charge is -2.09. The second kappa shape index (κ2) is 13.5. The molecule has 0 fully saturated rings. The van der Waals surface area contributed by atoms with Crippen LogP contribution in [0.25, 0.3) is 0 Å². The molecule has 0 amide bonds. The van der Waals surface area contributed by atoms with E-state index in [2.05, 4.69) is 13.8 Å². The highest BCUT2D eigenvalue weighted by molar-refractivity contribution is 7.51. The highest BCUT2D eigenvalue weighted by Gasteiger charge is 2.03. The molecular weight excluding hydrogens is 215 g/mol. The third kappa shape index (κ3) is 12.5. The summed E-state index contributed by atoms with van der Waals surface area (Å²) in [6, 6.07) is 0. The van der Waals surface area contributed by atoms with Crippen molar-refractivity contribution in [3.63, 3.8) is 0 Å². The summed E-state index contributed by atoms with van der Waals surface area (Å²) in [6.07, 6.45) is 15.4. The van der Waals surface area contributed by atoms with Gasteiger partial charge in [0.1, 0.15) is 0 Å². The van der Waals surface area contributed by atoms with Gasteiger partial charge < -0.3 is 4.89 Å². The first-order valence-corrected chi connectivity index (χ1v) is 8.91. The van der Waals surface area contributed by atoms with Crippen LogP contribution in [0.15, 0.2) is 0 Å². The number of unbranched alkanes of at least 4 members (excludes halogenated alkanes) is 8. The fourth-order valence-electron chi connectivity index (χ4n) is 1.91. The standard InChI is InChI=1S/C14H31OP/c1-3-5-7-9-11-13-16(15)14-12-10-8-6-4-2/h15H,3-14H2,1-2H3. The molecule has 16 heavy (non-hydrogen) atoms. The Hall–Kier alpha value is 0.390. The molecule has 0 bridgehead atoms. The molecule has 0 aliphatic rings. The van der Waals surface area contributed by atoms with Gasteiger partial charge in [0, 0.05) is 8.15 Å². The minimum absolute atomic E-state index is 0.622. The lowest BCUT2D eigenvalue weighted by Crippen LogP contribution is -1.91. The van der Waals surface area contributed by atoms with Crippen molar-refractivity contribution in [3.05, 3.63) is 0 Å². The molecule has 0 atom stereocenters. The van der Waals surface area contributed by atoms with Crippen LogP contribution in [0.3, 0.4) is 0 Å². The maximum Gasteiger partial charge on any atom is 0.0251 e. The van der Waals surface area contributed by atoms with Gasteiger partial charge in [-0.25, -0.2) is 0 Å². The Labute approximate surface area is 104 Å². The third-order valence-electron chi connectivity index (χ3n) is 3.04. The van der Waals surface area contributed by atoms with Gasteiger partial charge in [-0.1, -0.05) is 65.2 Å². The summed E-state index contributed by atoms with van der Waals surface area (Å²) in [5, 5.41) is 0. The summed E-state index contributed by atoms with van der Waals surface area (Å²) >= 11 is 0. The normalized spacial score (nSPS) is 11.2. The van der Waals surface area contributed by atoms with Crippen molar-refractivity contribution in [1.29, 1.82) is 0 Å². The van der Waals surface area contributed by atoms with Crippen molar-refractivity contribution in [2.75, 3.05) is 12.3 Å². The highest BCUT2D eigenvalue weighted by Crippen LogP contribution is 2.32. The number of hydrogen-bond donors (Lipinski definition) is 1. The Morgan fingerprint density at radius 2 is 1.00 bits per heavy atom. The zero-order chi connectivity index (χ0) is 12.1. The van der Waals surface area contributed by atoms with Gasteiger partial charge >= 0.3 is 0 Å². The molecule has 0 aromatic carbocycles. The van der Waals surface area contributed by atoms with Crippen LogP contribution in [-0.2, 0) is 0 Å². The van der Waals surface area contributed by atoms with E-state index in [-0.39, 0.29) is 0 Å². The lowest BCUT2D eigenvalue weighted by molar-refractivity contribution is 0.595. The first-order valence-electron chi connectivity index (χ1n) is 7.25. The van der Waals surface area contributed by atoms with Crippen LogP contribution in [0.4, 0.5) is 0 Å². The van der Waals surface area contributed by atoms with Crippen molar-refractivity contribution in [2.24, 2.45) is 0 Å². The fourth-order valence-corrected chi connectivity index (χ4v) is 3.31. The van der Waals surface area contributed by atoms with E-state index >= 15 is 0 Å². The predicted molar refractivity (Wildman–Crippen MR) is 76.4 cm³/mol. The van der Waals surface area contributed by atoms with Crippen LogP contribution >= 0.6 is 8.15 Å². The predicted octanol–water partition coefficient (Wildman–Crippen LogP) is 5.32. The van der Waals surface area contributed by atoms with Crippen molar-refractivity contribution < 1.29 is 4.89 Å². The van der Waals surface area contributed by atoms with Gasteiger partial charge in [-0.15, -0.1) is 0 Å². The smallest absolute Gasteiger partial charge is 0.0251 e. The topological polar surface area (TPSA) is 20.2 Å². The minimum Gasteiger partial charge on any atom is -0.374 e. The van der Waals surface area contributed by atoms with E-state index in [1.807, 2.05) is 0 Å². The average molecular weight is 246 g/mol. The summed E-state index contributed by atoms with van der Waals surface area (Å²) in [5.74, 6) is 0. The van der Waals surface area contributed by atoms with Crippen LogP contribution in [0.1, 0.15) is 78.1 Å². The Kier molecular flexibility index (Phi) is 13.8. The molecule has 0 rings (SSSR count). The zero-order valence-corrected chi connectivity index (χ0v) is 12.3. The lowest BCUT2D eigenvalue weighted by atomic mass is 10.2. The highest BCUT2D eigenvalue weighted by atomic mass is 31.1. The van der Waals surface area contributed by atoms with Gasteiger partial charge in [0.15, 0.2) is 0 Å². The summed E-state index contributed by atoms with van der Waals surface area (Å²) in [6.45, 7) is 4.49. The Morgan fingerprint density at radius 1 is 0.625 bits per heavy atom. The third-order valence-corrected chi connectivity index (χ3v) is 4.70. The van der Waals surface area contributed by atoms with E-state index in [0.717, 1.165) is 12.3 Å². The van der Waals surface area contributed by atoms with E-state index in [1.165, 1.54) is 64.2 Å². The summed E-state index contributed by atoms with van der Waals surface area (Å²) < 4.78 is 0. The van der Waals surface area contributed by atoms with Gasteiger partial charge in [-0.05, 0) is 25.2 Å². The Morgan fingerprint density at radius 3 is 1.38 bits per heavy atom. The van der Waals surface area contributed by atoms with Crippen LogP contribution in [0.2, 0.25) is 0 Å². The van der Waals surface area contributed by atoms with Crippen LogP contribution in [0.5, 0.6) is 0 Å². The van der Waals surface area contributed by atoms with Crippen molar-refractivity contribution >= 4 is 8.15 Å². The molecule has 0 saturated heterocycles. The molecule has 0 radical (unpaired) electrons. The molecule has 2 heteroatoms. The van der Waals surface area contributed by atoms with E-state index < -0.39 is 8.15 Å². The van der Waals surface area contributed by atoms with Gasteiger partial charge in [-0.2, -0.15) is 0 Å². The van der Waals surface area contributed by atoms with E-state index in [4.69, 9.17) is 0 Å². The van der Waals surface area contributed by atoms with Crippen LogP contribution < -0.4 is 0 Å². The molecule has 0 aromatic rings. The molecule has 0 heterocycles. The minimum atomic E-state index is -0.622. The quantitative estimate of drug-likeness (QED) is 0.365. The molecule has 1 N–H and O–H groups in total.